The minimum absolute atomic E-state index is 0.00802. The zero-order chi connectivity index (χ0) is 16.1. The van der Waals surface area contributed by atoms with Crippen molar-refractivity contribution in [3.05, 3.63) is 29.8 Å². The number of rotatable bonds is 5. The van der Waals surface area contributed by atoms with Crippen LogP contribution in [0.3, 0.4) is 0 Å². The van der Waals surface area contributed by atoms with Gasteiger partial charge in [-0.2, -0.15) is 0 Å². The Kier molecular flexibility index (Phi) is 5.55. The van der Waals surface area contributed by atoms with E-state index in [2.05, 4.69) is 18.9 Å². The number of Topliss-reactive ketones (excluding diaryl/α,β-unsaturated/α-hetero) is 1. The van der Waals surface area contributed by atoms with Crippen LogP contribution >= 0.6 is 0 Å². The topological polar surface area (TPSA) is 49.9 Å². The van der Waals surface area contributed by atoms with Gasteiger partial charge in [0, 0.05) is 37.7 Å². The van der Waals surface area contributed by atoms with Crippen molar-refractivity contribution in [3.8, 4) is 5.75 Å². The summed E-state index contributed by atoms with van der Waals surface area (Å²) in [6, 6.07) is 7.33. The molecule has 1 heterocycles. The number of likely N-dealkylation sites (N-methyl/N-ethyl adjacent to an activating group) is 1. The van der Waals surface area contributed by atoms with Crippen LogP contribution in [-0.2, 0) is 4.79 Å². The molecule has 0 radical (unpaired) electrons. The van der Waals surface area contributed by atoms with Crippen molar-refractivity contribution in [2.45, 2.75) is 26.3 Å². The van der Waals surface area contributed by atoms with Gasteiger partial charge in [-0.05, 0) is 38.2 Å². The molecule has 0 bridgehead atoms. The van der Waals surface area contributed by atoms with E-state index >= 15 is 0 Å². The van der Waals surface area contributed by atoms with Crippen molar-refractivity contribution in [1.82, 2.24) is 9.80 Å². The van der Waals surface area contributed by atoms with Gasteiger partial charge in [0.25, 0.3) is 5.91 Å². The minimum Gasteiger partial charge on any atom is -0.484 e. The molecule has 0 saturated carbocycles. The van der Waals surface area contributed by atoms with E-state index in [0.29, 0.717) is 23.8 Å². The molecule has 0 unspecified atom stereocenters. The van der Waals surface area contributed by atoms with Gasteiger partial charge in [0.1, 0.15) is 5.75 Å². The number of ether oxygens (including phenoxy) is 1. The summed E-state index contributed by atoms with van der Waals surface area (Å²) >= 11 is 0. The second kappa shape index (κ2) is 7.40. The Morgan fingerprint density at radius 2 is 1.91 bits per heavy atom. The quantitative estimate of drug-likeness (QED) is 0.779. The van der Waals surface area contributed by atoms with Gasteiger partial charge in [-0.15, -0.1) is 0 Å². The van der Waals surface area contributed by atoms with Gasteiger partial charge in [0.05, 0.1) is 0 Å². The summed E-state index contributed by atoms with van der Waals surface area (Å²) in [5.74, 6) is 0.728. The third kappa shape index (κ3) is 4.07. The first-order chi connectivity index (χ1) is 10.5. The number of nitrogens with zero attached hydrogens (tertiary/aromatic N) is 2. The van der Waals surface area contributed by atoms with Crippen LogP contribution in [0, 0.1) is 0 Å². The number of benzene rings is 1. The van der Waals surface area contributed by atoms with E-state index in [1.807, 2.05) is 11.8 Å². The average molecular weight is 304 g/mol. The lowest BCUT2D eigenvalue weighted by atomic mass is 10.1. The molecule has 1 amide bonds. The Hall–Kier alpha value is -1.88. The van der Waals surface area contributed by atoms with Gasteiger partial charge in [0.2, 0.25) is 0 Å². The second-order valence-corrected chi connectivity index (χ2v) is 5.76. The van der Waals surface area contributed by atoms with E-state index < -0.39 is 0 Å². The monoisotopic (exact) mass is 304 g/mol. The smallest absolute Gasteiger partial charge is 0.260 e. The van der Waals surface area contributed by atoms with E-state index in [4.69, 9.17) is 4.74 Å². The van der Waals surface area contributed by atoms with Crippen molar-refractivity contribution in [1.29, 1.82) is 0 Å². The fourth-order valence-corrected chi connectivity index (χ4v) is 2.45. The number of carbonyl (C=O) groups is 2. The van der Waals surface area contributed by atoms with Crippen molar-refractivity contribution < 1.29 is 14.3 Å². The van der Waals surface area contributed by atoms with Crippen LogP contribution in [0.5, 0.6) is 5.75 Å². The lowest BCUT2D eigenvalue weighted by Crippen LogP contribution is -2.53. The predicted molar refractivity (Wildman–Crippen MR) is 85.2 cm³/mol. The van der Waals surface area contributed by atoms with Crippen LogP contribution < -0.4 is 4.74 Å². The van der Waals surface area contributed by atoms with Crippen LogP contribution in [0.4, 0.5) is 0 Å². The minimum atomic E-state index is 0.00802. The Labute approximate surface area is 131 Å². The largest absolute Gasteiger partial charge is 0.484 e. The highest BCUT2D eigenvalue weighted by Gasteiger charge is 2.24. The molecule has 120 valence electrons. The van der Waals surface area contributed by atoms with Crippen LogP contribution in [0.25, 0.3) is 0 Å². The first kappa shape index (κ1) is 16.5. The highest BCUT2D eigenvalue weighted by molar-refractivity contribution is 5.95. The number of hydrogen-bond donors (Lipinski definition) is 0. The molecule has 1 atom stereocenters. The molecule has 1 saturated heterocycles. The van der Waals surface area contributed by atoms with E-state index in [1.165, 1.54) is 0 Å². The molecule has 1 aliphatic rings. The molecular formula is C17H24N2O3. The van der Waals surface area contributed by atoms with E-state index in [-0.39, 0.29) is 18.3 Å². The predicted octanol–water partition coefficient (Wildman–Crippen LogP) is 1.82. The summed E-state index contributed by atoms with van der Waals surface area (Å²) in [6.45, 7) is 6.36. The van der Waals surface area contributed by atoms with Gasteiger partial charge >= 0.3 is 0 Å². The summed E-state index contributed by atoms with van der Waals surface area (Å²) in [7, 11) is 2.07. The zero-order valence-electron chi connectivity index (χ0n) is 13.5. The van der Waals surface area contributed by atoms with Crippen molar-refractivity contribution in [2.24, 2.45) is 0 Å². The van der Waals surface area contributed by atoms with Crippen molar-refractivity contribution in [3.63, 3.8) is 0 Å². The Balaban J connectivity index is 1.85. The number of hydrogen-bond acceptors (Lipinski definition) is 4. The van der Waals surface area contributed by atoms with E-state index in [1.54, 1.807) is 24.3 Å². The fraction of sp³-hybridized carbons (Fsp3) is 0.529. The molecule has 1 aromatic carbocycles. The maximum Gasteiger partial charge on any atom is 0.260 e. The van der Waals surface area contributed by atoms with Crippen LogP contribution in [0.2, 0.25) is 0 Å². The highest BCUT2D eigenvalue weighted by Crippen LogP contribution is 2.14. The molecule has 2 rings (SSSR count). The van der Waals surface area contributed by atoms with Gasteiger partial charge in [0.15, 0.2) is 12.4 Å². The molecule has 0 aliphatic carbocycles. The van der Waals surface area contributed by atoms with Crippen LogP contribution in [0.1, 0.15) is 30.6 Å². The molecule has 1 aliphatic heterocycles. The summed E-state index contributed by atoms with van der Waals surface area (Å²) < 4.78 is 5.54. The summed E-state index contributed by atoms with van der Waals surface area (Å²) in [5.41, 5.74) is 0.675. The zero-order valence-corrected chi connectivity index (χ0v) is 13.5. The third-order valence-electron chi connectivity index (χ3n) is 4.17. The van der Waals surface area contributed by atoms with Gasteiger partial charge in [-0.1, -0.05) is 6.92 Å². The summed E-state index contributed by atoms with van der Waals surface area (Å²) in [6.07, 6.45) is 0.486. The Bertz CT molecular complexity index is 527. The average Bonchev–Trinajstić information content (AvgIpc) is 2.54. The Morgan fingerprint density at radius 3 is 2.50 bits per heavy atom. The first-order valence-corrected chi connectivity index (χ1v) is 7.75. The van der Waals surface area contributed by atoms with E-state index in [0.717, 1.165) is 19.6 Å². The Morgan fingerprint density at radius 1 is 1.23 bits per heavy atom. The number of piperazine rings is 1. The fourth-order valence-electron chi connectivity index (χ4n) is 2.45. The molecule has 5 nitrogen and oxygen atoms in total. The van der Waals surface area contributed by atoms with Crippen LogP contribution in [0.15, 0.2) is 24.3 Å². The first-order valence-electron chi connectivity index (χ1n) is 7.75. The normalized spacial score (nSPS) is 19.0. The highest BCUT2D eigenvalue weighted by atomic mass is 16.5. The summed E-state index contributed by atoms with van der Waals surface area (Å²) in [4.78, 5) is 27.8. The maximum absolute atomic E-state index is 12.2. The van der Waals surface area contributed by atoms with Gasteiger partial charge < -0.3 is 14.5 Å². The lowest BCUT2D eigenvalue weighted by Gasteiger charge is -2.37. The van der Waals surface area contributed by atoms with E-state index in [9.17, 15) is 9.59 Å². The third-order valence-corrected chi connectivity index (χ3v) is 4.17. The van der Waals surface area contributed by atoms with Crippen molar-refractivity contribution in [2.75, 3.05) is 33.3 Å². The molecule has 1 fully saturated rings. The van der Waals surface area contributed by atoms with Gasteiger partial charge in [-0.3, -0.25) is 9.59 Å². The number of carbonyl (C=O) groups excluding carboxylic acids is 2. The molecule has 1 aromatic rings. The molecule has 0 aromatic heterocycles. The lowest BCUT2D eigenvalue weighted by molar-refractivity contribution is -0.135. The van der Waals surface area contributed by atoms with Crippen LogP contribution in [-0.4, -0.2) is 60.8 Å². The molecule has 0 N–H and O–H groups in total. The van der Waals surface area contributed by atoms with Gasteiger partial charge in [-0.25, -0.2) is 0 Å². The number of ketones is 1. The molecular weight excluding hydrogens is 280 g/mol. The van der Waals surface area contributed by atoms with Crippen molar-refractivity contribution >= 4 is 11.7 Å². The number of amides is 1. The molecule has 5 heteroatoms. The summed E-state index contributed by atoms with van der Waals surface area (Å²) in [5, 5.41) is 0. The molecule has 22 heavy (non-hydrogen) atoms. The standard InChI is InChI=1S/C17H24N2O3/c1-4-16(20)14-5-7-15(8-6-14)22-12-17(21)19-10-9-18(3)13(2)11-19/h5-8,13H,4,9-12H2,1-3H3/t13-/m0/s1. The molecule has 0 spiro atoms. The SMILES string of the molecule is CCC(=O)c1ccc(OCC(=O)N2CCN(C)[C@@H](C)C2)cc1. The maximum atomic E-state index is 12.2. The second-order valence-electron chi connectivity index (χ2n) is 5.76.